The molecule has 0 saturated heterocycles. The largest absolute Gasteiger partial charge is 0.444 e. The summed E-state index contributed by atoms with van der Waals surface area (Å²) in [5.74, 6) is 0. The van der Waals surface area contributed by atoms with E-state index in [1.165, 1.54) is 6.20 Å². The Morgan fingerprint density at radius 3 is 2.74 bits per heavy atom. The second-order valence-corrected chi connectivity index (χ2v) is 4.90. The molecule has 0 spiro atoms. The van der Waals surface area contributed by atoms with Crippen LogP contribution in [0.2, 0.25) is 0 Å². The van der Waals surface area contributed by atoms with Crippen molar-refractivity contribution in [2.45, 2.75) is 6.61 Å². The van der Waals surface area contributed by atoms with E-state index in [4.69, 9.17) is 4.74 Å². The summed E-state index contributed by atoms with van der Waals surface area (Å²) in [6.07, 6.45) is 2.33. The third-order valence-electron chi connectivity index (χ3n) is 2.35. The Balaban J connectivity index is 1.95. The fourth-order valence-electron chi connectivity index (χ4n) is 1.42. The third-order valence-corrected chi connectivity index (χ3v) is 3.15. The van der Waals surface area contributed by atoms with Crippen LogP contribution in [-0.4, -0.2) is 11.1 Å². The molecule has 0 aliphatic rings. The van der Waals surface area contributed by atoms with Gasteiger partial charge in [-0.3, -0.25) is 10.1 Å². The number of aromatic amines is 1. The molecule has 2 aromatic rings. The van der Waals surface area contributed by atoms with Crippen molar-refractivity contribution in [1.29, 1.82) is 0 Å². The smallest absolute Gasteiger partial charge is 0.412 e. The lowest BCUT2D eigenvalue weighted by Gasteiger charge is -2.06. The normalized spacial score (nSPS) is 9.95. The number of hydrogen-bond acceptors (Lipinski definition) is 3. The summed E-state index contributed by atoms with van der Waals surface area (Å²) in [6.45, 7) is 0.161. The van der Waals surface area contributed by atoms with Gasteiger partial charge in [-0.05, 0) is 28.2 Å². The highest BCUT2D eigenvalue weighted by Gasteiger charge is 2.08. The molecule has 2 rings (SSSR count). The SMILES string of the molecule is O=C(Nc1c[nH]cc(I)c1=O)OCc1ccccc1. The molecule has 1 aromatic heterocycles. The van der Waals surface area contributed by atoms with Crippen molar-refractivity contribution in [3.05, 3.63) is 62.1 Å². The zero-order valence-corrected chi connectivity index (χ0v) is 12.0. The van der Waals surface area contributed by atoms with Crippen molar-refractivity contribution in [3.63, 3.8) is 0 Å². The molecule has 0 saturated carbocycles. The number of amides is 1. The molecule has 6 heteroatoms. The van der Waals surface area contributed by atoms with E-state index in [-0.39, 0.29) is 17.7 Å². The van der Waals surface area contributed by atoms with Crippen molar-refractivity contribution in [1.82, 2.24) is 4.98 Å². The highest BCUT2D eigenvalue weighted by atomic mass is 127. The molecule has 0 atom stereocenters. The maximum absolute atomic E-state index is 11.7. The highest BCUT2D eigenvalue weighted by molar-refractivity contribution is 14.1. The molecular formula is C13H11IN2O3. The number of aromatic nitrogens is 1. The van der Waals surface area contributed by atoms with E-state index in [1.54, 1.807) is 6.20 Å². The van der Waals surface area contributed by atoms with Crippen molar-refractivity contribution in [3.8, 4) is 0 Å². The quantitative estimate of drug-likeness (QED) is 0.817. The second-order valence-electron chi connectivity index (χ2n) is 3.73. The van der Waals surface area contributed by atoms with Gasteiger partial charge in [-0.1, -0.05) is 30.3 Å². The number of nitrogens with one attached hydrogen (secondary N) is 2. The Bertz CT molecular complexity index is 625. The summed E-state index contributed by atoms with van der Waals surface area (Å²) in [6, 6.07) is 9.31. The zero-order valence-electron chi connectivity index (χ0n) is 9.85. The first-order chi connectivity index (χ1) is 9.16. The van der Waals surface area contributed by atoms with Crippen molar-refractivity contribution in [2.75, 3.05) is 5.32 Å². The van der Waals surface area contributed by atoms with E-state index in [0.717, 1.165) is 5.56 Å². The number of rotatable bonds is 3. The Hall–Kier alpha value is -1.83. The molecule has 19 heavy (non-hydrogen) atoms. The first-order valence-electron chi connectivity index (χ1n) is 5.51. The Kier molecular flexibility index (Phi) is 4.56. The molecule has 98 valence electrons. The molecule has 1 heterocycles. The van der Waals surface area contributed by atoms with Crippen LogP contribution < -0.4 is 10.7 Å². The van der Waals surface area contributed by atoms with Crippen molar-refractivity contribution >= 4 is 34.4 Å². The maximum atomic E-state index is 11.7. The van der Waals surface area contributed by atoms with E-state index in [0.29, 0.717) is 3.57 Å². The van der Waals surface area contributed by atoms with E-state index >= 15 is 0 Å². The number of anilines is 1. The summed E-state index contributed by atoms with van der Waals surface area (Å²) in [5, 5.41) is 2.41. The lowest BCUT2D eigenvalue weighted by molar-refractivity contribution is 0.155. The topological polar surface area (TPSA) is 71.2 Å². The van der Waals surface area contributed by atoms with Gasteiger partial charge >= 0.3 is 6.09 Å². The molecule has 0 aliphatic carbocycles. The number of benzene rings is 1. The van der Waals surface area contributed by atoms with Gasteiger partial charge in [-0.15, -0.1) is 0 Å². The molecule has 0 aliphatic heterocycles. The van der Waals surface area contributed by atoms with E-state index in [2.05, 4.69) is 10.3 Å². The first-order valence-corrected chi connectivity index (χ1v) is 6.59. The number of pyridine rings is 1. The number of carbonyl (C=O) groups excluding carboxylic acids is 1. The average molecular weight is 370 g/mol. The number of H-pyrrole nitrogens is 1. The van der Waals surface area contributed by atoms with Crippen LogP contribution in [0.15, 0.2) is 47.5 Å². The van der Waals surface area contributed by atoms with Gasteiger partial charge in [0.2, 0.25) is 5.43 Å². The number of carbonyl (C=O) groups is 1. The van der Waals surface area contributed by atoms with Crippen LogP contribution in [0.25, 0.3) is 0 Å². The van der Waals surface area contributed by atoms with Crippen LogP contribution in [-0.2, 0) is 11.3 Å². The van der Waals surface area contributed by atoms with E-state index in [9.17, 15) is 9.59 Å². The van der Waals surface area contributed by atoms with Crippen LogP contribution in [0.5, 0.6) is 0 Å². The average Bonchev–Trinajstić information content (AvgIpc) is 2.43. The minimum Gasteiger partial charge on any atom is -0.444 e. The van der Waals surface area contributed by atoms with Gasteiger partial charge in [0.25, 0.3) is 0 Å². The van der Waals surface area contributed by atoms with Gasteiger partial charge in [0.05, 0.1) is 3.57 Å². The van der Waals surface area contributed by atoms with Gasteiger partial charge < -0.3 is 9.72 Å². The fourth-order valence-corrected chi connectivity index (χ4v) is 1.89. The minimum absolute atomic E-state index is 0.161. The minimum atomic E-state index is -0.656. The number of halogens is 1. The molecule has 0 unspecified atom stereocenters. The lowest BCUT2D eigenvalue weighted by Crippen LogP contribution is -2.20. The molecule has 1 amide bonds. The third kappa shape index (κ3) is 3.82. The van der Waals surface area contributed by atoms with Crippen LogP contribution in [0.4, 0.5) is 10.5 Å². The van der Waals surface area contributed by atoms with Crippen LogP contribution in [0.3, 0.4) is 0 Å². The molecule has 0 fully saturated rings. The van der Waals surface area contributed by atoms with Crippen molar-refractivity contribution in [2.24, 2.45) is 0 Å². The van der Waals surface area contributed by atoms with E-state index in [1.807, 2.05) is 52.9 Å². The maximum Gasteiger partial charge on any atom is 0.412 e. The molecule has 0 radical (unpaired) electrons. The Labute approximate surface area is 123 Å². The van der Waals surface area contributed by atoms with Gasteiger partial charge in [0.1, 0.15) is 12.3 Å². The summed E-state index contributed by atoms with van der Waals surface area (Å²) >= 11 is 1.89. The number of ether oxygens (including phenoxy) is 1. The monoisotopic (exact) mass is 370 g/mol. The first kappa shape index (κ1) is 13.6. The molecule has 0 bridgehead atoms. The van der Waals surface area contributed by atoms with Gasteiger partial charge in [-0.25, -0.2) is 4.79 Å². The fraction of sp³-hybridized carbons (Fsp3) is 0.0769. The van der Waals surface area contributed by atoms with Crippen molar-refractivity contribution < 1.29 is 9.53 Å². The zero-order chi connectivity index (χ0) is 13.7. The van der Waals surface area contributed by atoms with Gasteiger partial charge in [0.15, 0.2) is 0 Å². The summed E-state index contributed by atoms with van der Waals surface area (Å²) in [7, 11) is 0. The van der Waals surface area contributed by atoms with Gasteiger partial charge in [0, 0.05) is 12.4 Å². The highest BCUT2D eigenvalue weighted by Crippen LogP contribution is 2.05. The summed E-state index contributed by atoms with van der Waals surface area (Å²) < 4.78 is 5.52. The summed E-state index contributed by atoms with van der Waals surface area (Å²) in [5.41, 5.74) is 0.815. The predicted molar refractivity (Wildman–Crippen MR) is 80.0 cm³/mol. The van der Waals surface area contributed by atoms with E-state index < -0.39 is 6.09 Å². The number of hydrogen-bond donors (Lipinski definition) is 2. The summed E-state index contributed by atoms with van der Waals surface area (Å²) in [4.78, 5) is 26.0. The molecule has 1 aromatic carbocycles. The van der Waals surface area contributed by atoms with Crippen LogP contribution >= 0.6 is 22.6 Å². The van der Waals surface area contributed by atoms with Gasteiger partial charge in [-0.2, -0.15) is 0 Å². The molecule has 5 nitrogen and oxygen atoms in total. The molecule has 2 N–H and O–H groups in total. The predicted octanol–water partition coefficient (Wildman–Crippen LogP) is 2.73. The van der Waals surface area contributed by atoms with Crippen LogP contribution in [0.1, 0.15) is 5.56 Å². The Morgan fingerprint density at radius 1 is 1.26 bits per heavy atom. The van der Waals surface area contributed by atoms with Crippen LogP contribution in [0, 0.1) is 3.57 Å². The second kappa shape index (κ2) is 6.37. The standard InChI is InChI=1S/C13H11IN2O3/c14-10-6-15-7-11(12(10)17)16-13(18)19-8-9-4-2-1-3-5-9/h1-7H,8H2,(H,15,17)(H,16,18). The lowest BCUT2D eigenvalue weighted by atomic mass is 10.2. The Morgan fingerprint density at radius 2 is 2.00 bits per heavy atom. The molecular weight excluding hydrogens is 359 g/mol.